The molecule has 0 bridgehead atoms. The summed E-state index contributed by atoms with van der Waals surface area (Å²) in [6.07, 6.45) is 3.05. The van der Waals surface area contributed by atoms with Crippen LogP contribution in [0.1, 0.15) is 31.7 Å². The second kappa shape index (κ2) is 10.6. The number of carboxylic acids is 1. The number of benzene rings is 1. The van der Waals surface area contributed by atoms with Gasteiger partial charge in [-0.2, -0.15) is 0 Å². The first-order chi connectivity index (χ1) is 14.4. The smallest absolute Gasteiger partial charge is 0.326 e. The fraction of sp³-hybridized carbons (Fsp3) is 0.619. The number of carboxylic acid groups (broad SMARTS) is 1. The predicted molar refractivity (Wildman–Crippen MR) is 124 cm³/mol. The largest absolute Gasteiger partial charge is 0.480 e. The van der Waals surface area contributed by atoms with Crippen molar-refractivity contribution < 1.29 is 23.8 Å². The van der Waals surface area contributed by atoms with E-state index in [-0.39, 0.29) is 22.8 Å². The third-order valence-corrected chi connectivity index (χ3v) is 11.4. The van der Waals surface area contributed by atoms with Gasteiger partial charge in [0.05, 0.1) is 10.7 Å². The Balaban J connectivity index is 1.59. The summed E-state index contributed by atoms with van der Waals surface area (Å²) in [6.45, 7) is 2.46. The van der Waals surface area contributed by atoms with Gasteiger partial charge in [-0.25, -0.2) is 4.79 Å². The lowest BCUT2D eigenvalue weighted by Crippen LogP contribution is -2.42. The Hall–Kier alpha value is -0.950. The van der Waals surface area contributed by atoms with E-state index in [4.69, 9.17) is 4.52 Å². The third kappa shape index (κ3) is 6.06. The maximum absolute atomic E-state index is 13.4. The number of aliphatic carboxylic acids is 1. The highest BCUT2D eigenvalue weighted by Gasteiger charge is 2.51. The molecule has 1 amide bonds. The number of likely N-dealkylation sites (tertiary alicyclic amines) is 1. The Morgan fingerprint density at radius 3 is 2.57 bits per heavy atom. The number of thioether (sulfide) groups is 2. The Kier molecular flexibility index (Phi) is 8.36. The van der Waals surface area contributed by atoms with E-state index in [1.54, 1.807) is 30.4 Å². The molecule has 2 atom stereocenters. The number of unbranched alkanes of at least 4 members (excludes halogenated alkanes) is 1. The van der Waals surface area contributed by atoms with Crippen LogP contribution in [0, 0.1) is 0 Å². The van der Waals surface area contributed by atoms with E-state index in [1.165, 1.54) is 10.5 Å². The average molecular weight is 472 g/mol. The summed E-state index contributed by atoms with van der Waals surface area (Å²) in [5.41, 5.74) is 1.23. The van der Waals surface area contributed by atoms with E-state index >= 15 is 0 Å². The van der Waals surface area contributed by atoms with Crippen molar-refractivity contribution in [1.82, 2.24) is 4.90 Å². The molecule has 0 radical (unpaired) electrons. The van der Waals surface area contributed by atoms with Gasteiger partial charge in [-0.1, -0.05) is 30.3 Å². The van der Waals surface area contributed by atoms with Crippen LogP contribution < -0.4 is 0 Å². The zero-order valence-electron chi connectivity index (χ0n) is 17.3. The molecule has 2 aliphatic rings. The molecule has 166 valence electrons. The Morgan fingerprint density at radius 1 is 1.23 bits per heavy atom. The lowest BCUT2D eigenvalue weighted by Gasteiger charge is -2.25. The van der Waals surface area contributed by atoms with Crippen molar-refractivity contribution in [2.75, 3.05) is 37.0 Å². The molecule has 2 saturated heterocycles. The zero-order chi connectivity index (χ0) is 21.6. The van der Waals surface area contributed by atoms with Crippen molar-refractivity contribution in [3.63, 3.8) is 0 Å². The van der Waals surface area contributed by atoms with Crippen molar-refractivity contribution in [1.29, 1.82) is 0 Å². The van der Waals surface area contributed by atoms with Crippen molar-refractivity contribution in [3.8, 4) is 0 Å². The molecule has 2 fully saturated rings. The summed E-state index contributed by atoms with van der Waals surface area (Å²) < 4.78 is 18.7. The van der Waals surface area contributed by atoms with Gasteiger partial charge in [0.1, 0.15) is 12.2 Å². The summed E-state index contributed by atoms with van der Waals surface area (Å²) in [6, 6.07) is 9.28. The van der Waals surface area contributed by atoms with Crippen LogP contribution >= 0.6 is 30.9 Å². The van der Waals surface area contributed by atoms with Crippen LogP contribution in [-0.4, -0.2) is 69.0 Å². The van der Waals surface area contributed by atoms with E-state index in [0.717, 1.165) is 24.3 Å². The molecular formula is C21H30NO5PS2. The molecule has 1 unspecified atom stereocenters. The van der Waals surface area contributed by atoms with E-state index in [2.05, 4.69) is 12.1 Å². The summed E-state index contributed by atoms with van der Waals surface area (Å²) in [7, 11) is -3.15. The van der Waals surface area contributed by atoms with Crippen LogP contribution in [-0.2, 0) is 25.1 Å². The SMILES string of the molecule is CCOP(=O)(CCCCc1ccccc1)CC(=O)N1CC2(C[C@H]1C(=O)O)SCCS2. The molecule has 2 aliphatic heterocycles. The number of hydrogen-bond acceptors (Lipinski definition) is 6. The zero-order valence-corrected chi connectivity index (χ0v) is 19.9. The summed E-state index contributed by atoms with van der Waals surface area (Å²) in [5, 5.41) is 9.65. The van der Waals surface area contributed by atoms with Crippen LogP contribution in [0.5, 0.6) is 0 Å². The van der Waals surface area contributed by atoms with Crippen LogP contribution in [0.4, 0.5) is 0 Å². The highest BCUT2D eigenvalue weighted by molar-refractivity contribution is 8.21. The van der Waals surface area contributed by atoms with Crippen molar-refractivity contribution in [2.45, 2.75) is 42.7 Å². The molecule has 6 nitrogen and oxygen atoms in total. The second-order valence-electron chi connectivity index (χ2n) is 7.74. The molecule has 0 aromatic heterocycles. The molecule has 3 rings (SSSR count). The number of amides is 1. The van der Waals surface area contributed by atoms with Crippen molar-refractivity contribution in [3.05, 3.63) is 35.9 Å². The summed E-state index contributed by atoms with van der Waals surface area (Å²) in [5.74, 6) is 0.602. The molecule has 9 heteroatoms. The Morgan fingerprint density at radius 2 is 1.93 bits per heavy atom. The Bertz CT molecular complexity index is 785. The highest BCUT2D eigenvalue weighted by atomic mass is 32.2. The number of hydrogen-bond donors (Lipinski definition) is 1. The molecule has 1 N–H and O–H groups in total. The van der Waals surface area contributed by atoms with Crippen LogP contribution in [0.15, 0.2) is 30.3 Å². The quantitative estimate of drug-likeness (QED) is 0.405. The molecule has 1 aromatic carbocycles. The van der Waals surface area contributed by atoms with Gasteiger partial charge < -0.3 is 14.5 Å². The molecule has 0 aliphatic carbocycles. The number of rotatable bonds is 10. The molecule has 0 saturated carbocycles. The predicted octanol–water partition coefficient (Wildman–Crippen LogP) is 4.19. The van der Waals surface area contributed by atoms with Crippen molar-refractivity contribution in [2.24, 2.45) is 0 Å². The summed E-state index contributed by atoms with van der Waals surface area (Å²) in [4.78, 5) is 26.3. The molecule has 1 aromatic rings. The van der Waals surface area contributed by atoms with Gasteiger partial charge in [0.2, 0.25) is 13.3 Å². The van der Waals surface area contributed by atoms with Crippen LogP contribution in [0.2, 0.25) is 0 Å². The number of aryl methyl sites for hydroxylation is 1. The normalized spacial score (nSPS) is 22.3. The van der Waals surface area contributed by atoms with Crippen LogP contribution in [0.25, 0.3) is 0 Å². The molecule has 1 spiro atoms. The van der Waals surface area contributed by atoms with Gasteiger partial charge in [0.25, 0.3) is 0 Å². The first-order valence-electron chi connectivity index (χ1n) is 10.4. The molecule has 30 heavy (non-hydrogen) atoms. The van der Waals surface area contributed by atoms with E-state index in [1.807, 2.05) is 18.2 Å². The monoisotopic (exact) mass is 471 g/mol. The molecule has 2 heterocycles. The highest BCUT2D eigenvalue weighted by Crippen LogP contribution is 2.53. The maximum Gasteiger partial charge on any atom is 0.326 e. The fourth-order valence-electron chi connectivity index (χ4n) is 4.08. The minimum atomic E-state index is -3.15. The third-order valence-electron chi connectivity index (χ3n) is 5.51. The Labute approximate surface area is 187 Å². The van der Waals surface area contributed by atoms with Crippen molar-refractivity contribution >= 4 is 42.8 Å². The first-order valence-corrected chi connectivity index (χ1v) is 14.4. The fourth-order valence-corrected chi connectivity index (χ4v) is 9.48. The van der Waals surface area contributed by atoms with Gasteiger partial charge in [0, 0.05) is 30.6 Å². The number of nitrogens with zero attached hydrogens (tertiary/aromatic N) is 1. The lowest BCUT2D eigenvalue weighted by molar-refractivity contribution is -0.147. The lowest BCUT2D eigenvalue weighted by atomic mass is 10.1. The molecular weight excluding hydrogens is 441 g/mol. The minimum Gasteiger partial charge on any atom is -0.480 e. The second-order valence-corrected chi connectivity index (χ2v) is 13.6. The topological polar surface area (TPSA) is 83.9 Å². The van der Waals surface area contributed by atoms with Gasteiger partial charge >= 0.3 is 5.97 Å². The van der Waals surface area contributed by atoms with Gasteiger partial charge in [-0.05, 0) is 31.7 Å². The van der Waals surface area contributed by atoms with Gasteiger partial charge in [0.15, 0.2) is 0 Å². The number of carbonyl (C=O) groups excluding carboxylic acids is 1. The maximum atomic E-state index is 13.4. The average Bonchev–Trinajstić information content (AvgIpc) is 3.34. The van der Waals surface area contributed by atoms with Crippen LogP contribution in [0.3, 0.4) is 0 Å². The van der Waals surface area contributed by atoms with E-state index in [9.17, 15) is 19.3 Å². The van der Waals surface area contributed by atoms with Gasteiger partial charge in [-0.15, -0.1) is 23.5 Å². The van der Waals surface area contributed by atoms with E-state index < -0.39 is 19.4 Å². The van der Waals surface area contributed by atoms with Gasteiger partial charge in [-0.3, -0.25) is 9.36 Å². The standard InChI is InChI=1S/C21H30NO5PS2/c1-2-27-28(26,11-7-6-10-17-8-4-3-5-9-17)15-19(23)22-16-21(29-12-13-30-21)14-18(22)20(24)25/h3-5,8-9,18H,2,6-7,10-16H2,1H3,(H,24,25)/t18-,28?/m0/s1. The minimum absolute atomic E-state index is 0.207. The summed E-state index contributed by atoms with van der Waals surface area (Å²) >= 11 is 3.49. The van der Waals surface area contributed by atoms with E-state index in [0.29, 0.717) is 25.5 Å². The number of carbonyl (C=O) groups is 2. The first kappa shape index (κ1) is 23.7.